The standard InChI is InChI=1S/C28H29FN6O6/c1-16(36)2-6-19-14-35(28(40)41-19)18-5-7-23(30-13-18)32-8-10-33(11-9-32)26-22(29)12-20-24(37)21(27(38)39)15-34(17-3-4-17)25(20)31-26/h5,7,12-13,15,17,19H,2-4,6,8-11,14H2,1H3,(H,38,39)/t19-/m0/s1. The Hall–Kier alpha value is -4.55. The molecule has 0 aromatic carbocycles. The summed E-state index contributed by atoms with van der Waals surface area (Å²) in [6.07, 6.45) is 4.68. The Morgan fingerprint density at radius 3 is 2.49 bits per heavy atom. The molecule has 1 amide bonds. The van der Waals surface area contributed by atoms with Crippen LogP contribution in [0.1, 0.15) is 49.0 Å². The molecule has 3 fully saturated rings. The topological polar surface area (TPSA) is 138 Å². The van der Waals surface area contributed by atoms with Gasteiger partial charge in [0.25, 0.3) is 0 Å². The maximum Gasteiger partial charge on any atom is 0.414 e. The zero-order chi connectivity index (χ0) is 28.8. The van der Waals surface area contributed by atoms with Gasteiger partial charge in [-0.15, -0.1) is 0 Å². The molecule has 6 rings (SSSR count). The fraction of sp³-hybridized carbons (Fsp3) is 0.429. The number of piperazine rings is 1. The van der Waals surface area contributed by atoms with E-state index in [1.54, 1.807) is 16.8 Å². The molecular weight excluding hydrogens is 535 g/mol. The summed E-state index contributed by atoms with van der Waals surface area (Å²) in [6.45, 7) is 3.86. The van der Waals surface area contributed by atoms with Gasteiger partial charge < -0.3 is 29.0 Å². The number of carbonyl (C=O) groups excluding carboxylic acids is 2. The van der Waals surface area contributed by atoms with Crippen molar-refractivity contribution in [3.8, 4) is 0 Å². The van der Waals surface area contributed by atoms with Crippen LogP contribution in [0.3, 0.4) is 0 Å². The first-order chi connectivity index (χ1) is 19.7. The van der Waals surface area contributed by atoms with Crippen molar-refractivity contribution in [1.29, 1.82) is 0 Å². The number of rotatable bonds is 8. The summed E-state index contributed by atoms with van der Waals surface area (Å²) in [5.74, 6) is -1.12. The molecule has 1 N–H and O–H groups in total. The molecule has 2 saturated heterocycles. The number of carbonyl (C=O) groups is 3. The highest BCUT2D eigenvalue weighted by molar-refractivity contribution is 5.92. The first-order valence-electron chi connectivity index (χ1n) is 13.6. The molecule has 2 aliphatic heterocycles. The van der Waals surface area contributed by atoms with Crippen LogP contribution in [0.2, 0.25) is 0 Å². The molecule has 0 spiro atoms. The fourth-order valence-electron chi connectivity index (χ4n) is 5.36. The smallest absolute Gasteiger partial charge is 0.414 e. The van der Waals surface area contributed by atoms with Gasteiger partial charge >= 0.3 is 12.1 Å². The number of amides is 1. The monoisotopic (exact) mass is 564 g/mol. The lowest BCUT2D eigenvalue weighted by Gasteiger charge is -2.36. The summed E-state index contributed by atoms with van der Waals surface area (Å²) in [6, 6.07) is 4.77. The molecule has 13 heteroatoms. The van der Waals surface area contributed by atoms with E-state index in [0.29, 0.717) is 62.7 Å². The highest BCUT2D eigenvalue weighted by Gasteiger charge is 2.33. The summed E-state index contributed by atoms with van der Waals surface area (Å²) in [5, 5.41) is 9.41. The van der Waals surface area contributed by atoms with Gasteiger partial charge in [0.1, 0.15) is 28.9 Å². The number of Topliss-reactive ketones (excluding diaryl/α,β-unsaturated/α-hetero) is 1. The number of halogens is 1. The van der Waals surface area contributed by atoms with Gasteiger partial charge in [0.05, 0.1) is 23.8 Å². The van der Waals surface area contributed by atoms with Crippen molar-refractivity contribution in [2.45, 2.75) is 44.8 Å². The Balaban J connectivity index is 1.15. The third-order valence-corrected chi connectivity index (χ3v) is 7.75. The van der Waals surface area contributed by atoms with E-state index in [1.165, 1.54) is 18.0 Å². The molecule has 0 bridgehead atoms. The van der Waals surface area contributed by atoms with Gasteiger partial charge in [-0.2, -0.15) is 0 Å². The normalized spacial score (nSPS) is 19.1. The van der Waals surface area contributed by atoms with Crippen LogP contribution in [-0.2, 0) is 9.53 Å². The summed E-state index contributed by atoms with van der Waals surface area (Å²) in [5.41, 5.74) is -0.226. The second kappa shape index (κ2) is 10.5. The van der Waals surface area contributed by atoms with Crippen LogP contribution in [0, 0.1) is 5.82 Å². The Kier molecular flexibility index (Phi) is 6.80. The predicted molar refractivity (Wildman–Crippen MR) is 147 cm³/mol. The van der Waals surface area contributed by atoms with Crippen LogP contribution in [0.25, 0.3) is 11.0 Å². The van der Waals surface area contributed by atoms with Gasteiger partial charge in [-0.3, -0.25) is 9.69 Å². The Morgan fingerprint density at radius 2 is 1.85 bits per heavy atom. The van der Waals surface area contributed by atoms with Crippen molar-refractivity contribution in [2.24, 2.45) is 0 Å². The van der Waals surface area contributed by atoms with Crippen LogP contribution in [-0.4, -0.2) is 76.3 Å². The number of hydrogen-bond acceptors (Lipinski definition) is 9. The highest BCUT2D eigenvalue weighted by atomic mass is 19.1. The average Bonchev–Trinajstić information content (AvgIpc) is 3.73. The number of carboxylic acids is 1. The molecule has 1 saturated carbocycles. The van der Waals surface area contributed by atoms with Gasteiger partial charge in [0.2, 0.25) is 5.43 Å². The van der Waals surface area contributed by atoms with E-state index >= 15 is 4.39 Å². The maximum atomic E-state index is 15.2. The number of nitrogens with zero attached hydrogens (tertiary/aromatic N) is 6. The lowest BCUT2D eigenvalue weighted by atomic mass is 10.1. The molecule has 3 aliphatic rings. The first kappa shape index (κ1) is 26.7. The number of carboxylic acid groups (broad SMARTS) is 1. The number of aromatic nitrogens is 3. The van der Waals surface area contributed by atoms with Crippen LogP contribution in [0.4, 0.5) is 26.5 Å². The van der Waals surface area contributed by atoms with Crippen LogP contribution in [0.15, 0.2) is 35.4 Å². The summed E-state index contributed by atoms with van der Waals surface area (Å²) in [4.78, 5) is 62.3. The van der Waals surface area contributed by atoms with E-state index in [4.69, 9.17) is 4.74 Å². The molecule has 214 valence electrons. The summed E-state index contributed by atoms with van der Waals surface area (Å²) < 4.78 is 22.3. The molecule has 1 aliphatic carbocycles. The van der Waals surface area contributed by atoms with E-state index < -0.39 is 23.3 Å². The van der Waals surface area contributed by atoms with Gasteiger partial charge in [-0.05, 0) is 44.4 Å². The zero-order valence-corrected chi connectivity index (χ0v) is 22.5. The van der Waals surface area contributed by atoms with Crippen molar-refractivity contribution in [3.63, 3.8) is 0 Å². The number of aromatic carboxylic acids is 1. The number of fused-ring (bicyclic) bond motifs is 1. The number of ketones is 1. The van der Waals surface area contributed by atoms with Gasteiger partial charge in [0, 0.05) is 44.8 Å². The average molecular weight is 565 g/mol. The largest absolute Gasteiger partial charge is 0.477 e. The minimum atomic E-state index is -1.34. The molecule has 0 radical (unpaired) electrons. The number of ether oxygens (including phenoxy) is 1. The van der Waals surface area contributed by atoms with Crippen molar-refractivity contribution in [2.75, 3.05) is 47.4 Å². The highest BCUT2D eigenvalue weighted by Crippen LogP contribution is 2.37. The molecule has 3 aromatic rings. The molecule has 3 aromatic heterocycles. The third-order valence-electron chi connectivity index (χ3n) is 7.75. The molecule has 5 heterocycles. The molecule has 12 nitrogen and oxygen atoms in total. The Morgan fingerprint density at radius 1 is 1.12 bits per heavy atom. The maximum absolute atomic E-state index is 15.2. The number of hydrogen-bond donors (Lipinski definition) is 1. The van der Waals surface area contributed by atoms with Gasteiger partial charge in [0.15, 0.2) is 11.6 Å². The van der Waals surface area contributed by atoms with E-state index in [9.17, 15) is 24.3 Å². The molecule has 0 unspecified atom stereocenters. The van der Waals surface area contributed by atoms with Crippen LogP contribution >= 0.6 is 0 Å². The van der Waals surface area contributed by atoms with E-state index in [-0.39, 0.29) is 34.7 Å². The van der Waals surface area contributed by atoms with Crippen LogP contribution < -0.4 is 20.1 Å². The number of cyclic esters (lactones) is 1. The number of anilines is 3. The van der Waals surface area contributed by atoms with E-state index in [2.05, 4.69) is 14.9 Å². The fourth-order valence-corrected chi connectivity index (χ4v) is 5.36. The lowest BCUT2D eigenvalue weighted by molar-refractivity contribution is -0.117. The molecular formula is C28H29FN6O6. The van der Waals surface area contributed by atoms with Gasteiger partial charge in [-0.25, -0.2) is 23.9 Å². The van der Waals surface area contributed by atoms with E-state index in [1.807, 2.05) is 11.0 Å². The first-order valence-corrected chi connectivity index (χ1v) is 13.6. The summed E-state index contributed by atoms with van der Waals surface area (Å²) in [7, 11) is 0. The number of pyridine rings is 3. The lowest BCUT2D eigenvalue weighted by Crippen LogP contribution is -2.47. The minimum Gasteiger partial charge on any atom is -0.477 e. The Labute approximate surface area is 233 Å². The second-order valence-electron chi connectivity index (χ2n) is 10.7. The van der Waals surface area contributed by atoms with Crippen molar-refractivity contribution < 1.29 is 28.6 Å². The third kappa shape index (κ3) is 5.19. The predicted octanol–water partition coefficient (Wildman–Crippen LogP) is 2.98. The van der Waals surface area contributed by atoms with Crippen molar-refractivity contribution in [1.82, 2.24) is 14.5 Å². The van der Waals surface area contributed by atoms with Crippen molar-refractivity contribution >= 4 is 46.2 Å². The van der Waals surface area contributed by atoms with Crippen LogP contribution in [0.5, 0.6) is 0 Å². The van der Waals surface area contributed by atoms with E-state index in [0.717, 1.165) is 18.9 Å². The quantitative estimate of drug-likeness (QED) is 0.435. The minimum absolute atomic E-state index is 0.0342. The second-order valence-corrected chi connectivity index (χ2v) is 10.7. The SMILES string of the molecule is CC(=O)CC[C@H]1CN(c2ccc(N3CCN(c4nc5c(cc4F)c(=O)c(C(=O)O)cn5C4CC4)CC3)nc2)C(=O)O1. The van der Waals surface area contributed by atoms with Gasteiger partial charge in [-0.1, -0.05) is 0 Å². The zero-order valence-electron chi connectivity index (χ0n) is 22.5. The molecule has 41 heavy (non-hydrogen) atoms. The van der Waals surface area contributed by atoms with Crippen molar-refractivity contribution in [3.05, 3.63) is 52.2 Å². The Bertz CT molecular complexity index is 1600. The molecule has 1 atom stereocenters. The summed E-state index contributed by atoms with van der Waals surface area (Å²) >= 11 is 0.